The molecule has 0 heterocycles. The Balaban J connectivity index is 2.34. The van der Waals surface area contributed by atoms with Crippen LogP contribution in [-0.2, 0) is 4.74 Å². The number of nitrogens with two attached hydrogens (primary N) is 1. The van der Waals surface area contributed by atoms with Crippen molar-refractivity contribution in [3.63, 3.8) is 0 Å². The molecule has 0 aliphatic rings. The van der Waals surface area contributed by atoms with Crippen molar-refractivity contribution in [3.05, 3.63) is 24.3 Å². The van der Waals surface area contributed by atoms with E-state index in [0.29, 0.717) is 30.1 Å². The number of anilines is 2. The lowest BCUT2D eigenvalue weighted by Crippen LogP contribution is -2.39. The first kappa shape index (κ1) is 16.3. The predicted molar refractivity (Wildman–Crippen MR) is 82.8 cm³/mol. The monoisotopic (exact) mass is 279 g/mol. The van der Waals surface area contributed by atoms with E-state index in [0.717, 1.165) is 6.54 Å². The van der Waals surface area contributed by atoms with Crippen LogP contribution in [0.25, 0.3) is 0 Å². The predicted octanol–water partition coefficient (Wildman–Crippen LogP) is 2.94. The molecule has 0 spiro atoms. The number of nitrogens with one attached hydrogen (secondary N) is 1. The summed E-state index contributed by atoms with van der Waals surface area (Å²) in [5.74, 6) is 0. The molecular weight excluding hydrogens is 254 g/mol. The first-order chi connectivity index (χ1) is 9.40. The van der Waals surface area contributed by atoms with Crippen LogP contribution in [-0.4, -0.2) is 36.2 Å². The van der Waals surface area contributed by atoms with Gasteiger partial charge < -0.3 is 10.5 Å². The molecule has 0 saturated heterocycles. The topological polar surface area (TPSA) is 67.6 Å². The van der Waals surface area contributed by atoms with Crippen molar-refractivity contribution in [1.29, 1.82) is 0 Å². The summed E-state index contributed by atoms with van der Waals surface area (Å²) in [6.45, 7) is 9.63. The van der Waals surface area contributed by atoms with Gasteiger partial charge in [0.15, 0.2) is 0 Å². The molecule has 0 radical (unpaired) electrons. The molecule has 0 bridgehead atoms. The third-order valence-electron chi connectivity index (χ3n) is 3.07. The molecular formula is C15H25N3O2. The van der Waals surface area contributed by atoms with Gasteiger partial charge >= 0.3 is 6.09 Å². The summed E-state index contributed by atoms with van der Waals surface area (Å²) in [7, 11) is 0. The number of carbonyl (C=O) groups excluding carboxylic acids is 1. The normalized spacial score (nSPS) is 11.2. The number of hydrogen-bond acceptors (Lipinski definition) is 4. The molecule has 0 aromatic heterocycles. The van der Waals surface area contributed by atoms with Crippen molar-refractivity contribution in [2.24, 2.45) is 0 Å². The maximum Gasteiger partial charge on any atom is 0.411 e. The van der Waals surface area contributed by atoms with E-state index in [4.69, 9.17) is 10.5 Å². The minimum absolute atomic E-state index is 0.372. The van der Waals surface area contributed by atoms with E-state index in [1.807, 2.05) is 0 Å². The fourth-order valence-electron chi connectivity index (χ4n) is 2.08. The van der Waals surface area contributed by atoms with Crippen LogP contribution in [0.5, 0.6) is 0 Å². The Morgan fingerprint density at radius 3 is 2.25 bits per heavy atom. The third-order valence-corrected chi connectivity index (χ3v) is 3.07. The van der Waals surface area contributed by atoms with Crippen molar-refractivity contribution in [1.82, 2.24) is 4.90 Å². The molecule has 3 N–H and O–H groups in total. The van der Waals surface area contributed by atoms with E-state index < -0.39 is 6.09 Å². The maximum absolute atomic E-state index is 11.6. The summed E-state index contributed by atoms with van der Waals surface area (Å²) < 4.78 is 5.18. The minimum Gasteiger partial charge on any atom is -0.448 e. The summed E-state index contributed by atoms with van der Waals surface area (Å²) in [5, 5.41) is 2.67. The summed E-state index contributed by atoms with van der Waals surface area (Å²) in [6, 6.07) is 7.80. The van der Waals surface area contributed by atoms with Crippen molar-refractivity contribution < 1.29 is 9.53 Å². The van der Waals surface area contributed by atoms with Gasteiger partial charge in [-0.05, 0) is 52.0 Å². The van der Waals surface area contributed by atoms with Gasteiger partial charge in [-0.3, -0.25) is 10.2 Å². The van der Waals surface area contributed by atoms with Crippen LogP contribution in [0.3, 0.4) is 0 Å². The molecule has 112 valence electrons. The van der Waals surface area contributed by atoms with Crippen LogP contribution in [0, 0.1) is 0 Å². The Morgan fingerprint density at radius 2 is 1.75 bits per heavy atom. The lowest BCUT2D eigenvalue weighted by molar-refractivity contribution is 0.111. The number of hydrogen-bond donors (Lipinski definition) is 2. The second-order valence-electron chi connectivity index (χ2n) is 5.31. The average Bonchev–Trinajstić information content (AvgIpc) is 2.36. The largest absolute Gasteiger partial charge is 0.448 e. The SMILES string of the molecule is CC(C)N(CCOC(=O)Nc1ccc(N)cc1)C(C)C. The molecule has 5 nitrogen and oxygen atoms in total. The van der Waals surface area contributed by atoms with Gasteiger partial charge in [-0.1, -0.05) is 0 Å². The number of ether oxygens (including phenoxy) is 1. The van der Waals surface area contributed by atoms with E-state index in [1.54, 1.807) is 24.3 Å². The number of carbonyl (C=O) groups is 1. The van der Waals surface area contributed by atoms with Crippen LogP contribution in [0.1, 0.15) is 27.7 Å². The zero-order valence-corrected chi connectivity index (χ0v) is 12.7. The number of nitrogens with zero attached hydrogens (tertiary/aromatic N) is 1. The Hall–Kier alpha value is -1.75. The zero-order chi connectivity index (χ0) is 15.1. The van der Waals surface area contributed by atoms with Crippen LogP contribution < -0.4 is 11.1 Å². The van der Waals surface area contributed by atoms with Gasteiger partial charge in [0.2, 0.25) is 0 Å². The van der Waals surface area contributed by atoms with Gasteiger partial charge in [0.1, 0.15) is 6.61 Å². The molecule has 0 saturated carbocycles. The highest BCUT2D eigenvalue weighted by atomic mass is 16.5. The van der Waals surface area contributed by atoms with Crippen LogP contribution in [0.2, 0.25) is 0 Å². The lowest BCUT2D eigenvalue weighted by Gasteiger charge is -2.30. The molecule has 0 aliphatic heterocycles. The maximum atomic E-state index is 11.6. The Bertz CT molecular complexity index is 408. The molecule has 0 atom stereocenters. The second-order valence-corrected chi connectivity index (χ2v) is 5.31. The summed E-state index contributed by atoms with van der Waals surface area (Å²) >= 11 is 0. The Kier molecular flexibility index (Phi) is 6.31. The number of benzene rings is 1. The highest BCUT2D eigenvalue weighted by Gasteiger charge is 2.13. The Morgan fingerprint density at radius 1 is 1.20 bits per heavy atom. The van der Waals surface area contributed by atoms with Crippen LogP contribution in [0.4, 0.5) is 16.2 Å². The van der Waals surface area contributed by atoms with Gasteiger partial charge in [0, 0.05) is 30.0 Å². The molecule has 0 fully saturated rings. The number of nitrogen functional groups attached to an aromatic ring is 1. The van der Waals surface area contributed by atoms with Crippen molar-refractivity contribution in [3.8, 4) is 0 Å². The third kappa shape index (κ3) is 5.48. The smallest absolute Gasteiger partial charge is 0.411 e. The zero-order valence-electron chi connectivity index (χ0n) is 12.7. The van der Waals surface area contributed by atoms with Crippen LogP contribution in [0.15, 0.2) is 24.3 Å². The lowest BCUT2D eigenvalue weighted by atomic mass is 10.2. The number of amides is 1. The van der Waals surface area contributed by atoms with Gasteiger partial charge in [-0.2, -0.15) is 0 Å². The first-order valence-corrected chi connectivity index (χ1v) is 6.95. The van der Waals surface area contributed by atoms with E-state index in [-0.39, 0.29) is 0 Å². The Labute approximate surface area is 121 Å². The molecule has 1 aromatic carbocycles. The highest BCUT2D eigenvalue weighted by Crippen LogP contribution is 2.10. The van der Waals surface area contributed by atoms with Gasteiger partial charge in [0.25, 0.3) is 0 Å². The van der Waals surface area contributed by atoms with Crippen molar-refractivity contribution >= 4 is 17.5 Å². The number of rotatable bonds is 6. The van der Waals surface area contributed by atoms with Crippen LogP contribution >= 0.6 is 0 Å². The van der Waals surface area contributed by atoms with Gasteiger partial charge in [0.05, 0.1) is 0 Å². The molecule has 5 heteroatoms. The van der Waals surface area contributed by atoms with E-state index in [1.165, 1.54) is 0 Å². The van der Waals surface area contributed by atoms with Gasteiger partial charge in [-0.15, -0.1) is 0 Å². The first-order valence-electron chi connectivity index (χ1n) is 6.95. The van der Waals surface area contributed by atoms with Crippen molar-refractivity contribution in [2.45, 2.75) is 39.8 Å². The van der Waals surface area contributed by atoms with E-state index in [2.05, 4.69) is 37.9 Å². The quantitative estimate of drug-likeness (QED) is 0.786. The summed E-state index contributed by atoms with van der Waals surface area (Å²) in [5.41, 5.74) is 6.91. The fraction of sp³-hybridized carbons (Fsp3) is 0.533. The fourth-order valence-corrected chi connectivity index (χ4v) is 2.08. The standard InChI is InChI=1S/C15H25N3O2/c1-11(2)18(12(3)4)9-10-20-15(19)17-14-7-5-13(16)6-8-14/h5-8,11-12H,9-10,16H2,1-4H3,(H,17,19). The highest BCUT2D eigenvalue weighted by molar-refractivity contribution is 5.84. The van der Waals surface area contributed by atoms with E-state index in [9.17, 15) is 4.79 Å². The minimum atomic E-state index is -0.442. The molecule has 1 rings (SSSR count). The summed E-state index contributed by atoms with van der Waals surface area (Å²) in [4.78, 5) is 13.9. The second kappa shape index (κ2) is 7.75. The molecule has 0 aliphatic carbocycles. The van der Waals surface area contributed by atoms with E-state index >= 15 is 0 Å². The van der Waals surface area contributed by atoms with Gasteiger partial charge in [-0.25, -0.2) is 4.79 Å². The molecule has 1 aromatic rings. The van der Waals surface area contributed by atoms with Crippen molar-refractivity contribution in [2.75, 3.05) is 24.2 Å². The average molecular weight is 279 g/mol. The molecule has 20 heavy (non-hydrogen) atoms. The molecule has 0 unspecified atom stereocenters. The summed E-state index contributed by atoms with van der Waals surface area (Å²) in [6.07, 6.45) is -0.442. The molecule has 1 amide bonds.